The Hall–Kier alpha value is -1.43. The normalized spacial score (nSPS) is 17.2. The molecule has 0 aliphatic carbocycles. The van der Waals surface area contributed by atoms with Gasteiger partial charge in [0.05, 0.1) is 0 Å². The van der Waals surface area contributed by atoms with Crippen LogP contribution in [-0.4, -0.2) is 73.0 Å². The molecule has 5 heteroatoms. The van der Waals surface area contributed by atoms with Crippen molar-refractivity contribution in [2.45, 2.75) is 32.4 Å². The second kappa shape index (κ2) is 7.85. The number of hydrogen-bond donors (Lipinski definition) is 1. The summed E-state index contributed by atoms with van der Waals surface area (Å²) in [6.07, 6.45) is 2.44. The Morgan fingerprint density at radius 2 is 1.88 bits per heavy atom. The molecule has 0 spiro atoms. The van der Waals surface area contributed by atoms with Gasteiger partial charge in [0.1, 0.15) is 5.82 Å². The van der Waals surface area contributed by atoms with Gasteiger partial charge < -0.3 is 14.8 Å². The van der Waals surface area contributed by atoms with E-state index in [9.17, 15) is 4.39 Å². The minimum absolute atomic E-state index is 0.164. The van der Waals surface area contributed by atoms with Crippen LogP contribution < -0.4 is 0 Å². The van der Waals surface area contributed by atoms with E-state index in [1.165, 1.54) is 30.2 Å². The summed E-state index contributed by atoms with van der Waals surface area (Å²) in [6, 6.07) is 5.69. The van der Waals surface area contributed by atoms with E-state index in [-0.39, 0.29) is 5.82 Å². The third-order valence-electron chi connectivity index (χ3n) is 5.59. The maximum atomic E-state index is 13.5. The average Bonchev–Trinajstić information content (AvgIpc) is 2.89. The largest absolute Gasteiger partial charge is 0.357 e. The Morgan fingerprint density at radius 1 is 1.16 bits per heavy atom. The van der Waals surface area contributed by atoms with Crippen molar-refractivity contribution >= 4 is 10.9 Å². The van der Waals surface area contributed by atoms with Crippen molar-refractivity contribution in [2.24, 2.45) is 0 Å². The Balaban J connectivity index is 1.56. The number of likely N-dealkylation sites (tertiary alicyclic amines) is 1. The highest BCUT2D eigenvalue weighted by molar-refractivity contribution is 5.84. The van der Waals surface area contributed by atoms with Gasteiger partial charge in [-0.1, -0.05) is 0 Å². The molecule has 0 saturated carbocycles. The van der Waals surface area contributed by atoms with E-state index in [0.717, 1.165) is 43.6 Å². The molecule has 138 valence electrons. The molecular formula is C20H31FN4. The number of halogens is 1. The van der Waals surface area contributed by atoms with Crippen molar-refractivity contribution in [3.05, 3.63) is 35.3 Å². The summed E-state index contributed by atoms with van der Waals surface area (Å²) in [6.45, 7) is 7.51. The monoisotopic (exact) mass is 346 g/mol. The van der Waals surface area contributed by atoms with Crippen LogP contribution in [0.3, 0.4) is 0 Å². The van der Waals surface area contributed by atoms with E-state index in [0.29, 0.717) is 6.04 Å². The molecule has 25 heavy (non-hydrogen) atoms. The van der Waals surface area contributed by atoms with Crippen LogP contribution in [0.15, 0.2) is 18.2 Å². The number of aryl methyl sites for hydroxylation is 1. The fourth-order valence-electron chi connectivity index (χ4n) is 3.79. The van der Waals surface area contributed by atoms with Crippen molar-refractivity contribution in [1.29, 1.82) is 0 Å². The Kier molecular flexibility index (Phi) is 5.77. The number of H-pyrrole nitrogens is 1. The molecule has 1 N–H and O–H groups in total. The van der Waals surface area contributed by atoms with Crippen LogP contribution in [0, 0.1) is 12.7 Å². The van der Waals surface area contributed by atoms with Crippen LogP contribution >= 0.6 is 0 Å². The van der Waals surface area contributed by atoms with Crippen molar-refractivity contribution in [3.63, 3.8) is 0 Å². The molecule has 0 unspecified atom stereocenters. The minimum atomic E-state index is -0.164. The van der Waals surface area contributed by atoms with Crippen LogP contribution in [0.5, 0.6) is 0 Å². The van der Waals surface area contributed by atoms with Gasteiger partial charge in [-0.25, -0.2) is 4.39 Å². The molecule has 1 fully saturated rings. The zero-order valence-corrected chi connectivity index (χ0v) is 16.0. The number of benzene rings is 1. The van der Waals surface area contributed by atoms with Gasteiger partial charge >= 0.3 is 0 Å². The number of rotatable bonds is 6. The third-order valence-corrected chi connectivity index (χ3v) is 5.59. The lowest BCUT2D eigenvalue weighted by molar-refractivity contribution is 0.117. The van der Waals surface area contributed by atoms with E-state index in [4.69, 9.17) is 0 Å². The topological polar surface area (TPSA) is 25.5 Å². The van der Waals surface area contributed by atoms with E-state index >= 15 is 0 Å². The van der Waals surface area contributed by atoms with Crippen LogP contribution in [0.4, 0.5) is 4.39 Å². The van der Waals surface area contributed by atoms with Gasteiger partial charge in [-0.05, 0) is 64.7 Å². The molecule has 0 radical (unpaired) electrons. The second-order valence-electron chi connectivity index (χ2n) is 7.71. The van der Waals surface area contributed by atoms with Crippen LogP contribution in [0.25, 0.3) is 10.9 Å². The molecule has 1 saturated heterocycles. The van der Waals surface area contributed by atoms with Crippen molar-refractivity contribution in [1.82, 2.24) is 19.7 Å². The van der Waals surface area contributed by atoms with Crippen LogP contribution in [-0.2, 0) is 6.54 Å². The van der Waals surface area contributed by atoms with Crippen molar-refractivity contribution in [2.75, 3.05) is 47.3 Å². The highest BCUT2D eigenvalue weighted by Crippen LogP contribution is 2.25. The molecule has 0 bridgehead atoms. The fourth-order valence-corrected chi connectivity index (χ4v) is 3.79. The number of piperidine rings is 1. The smallest absolute Gasteiger partial charge is 0.123 e. The number of likely N-dealkylation sites (N-methyl/N-ethyl adjacent to an activating group) is 2. The van der Waals surface area contributed by atoms with Gasteiger partial charge in [0.2, 0.25) is 0 Å². The SMILES string of the molecule is Cc1c(CN2CCC(N(C)CCN(C)C)CC2)[nH]c2ccc(F)cc12. The second-order valence-corrected chi connectivity index (χ2v) is 7.71. The highest BCUT2D eigenvalue weighted by Gasteiger charge is 2.23. The maximum absolute atomic E-state index is 13.5. The number of fused-ring (bicyclic) bond motifs is 1. The predicted octanol–water partition coefficient (Wildman–Crippen LogP) is 3.07. The van der Waals surface area contributed by atoms with Gasteiger partial charge in [-0.3, -0.25) is 4.90 Å². The van der Waals surface area contributed by atoms with Crippen LogP contribution in [0.2, 0.25) is 0 Å². The number of nitrogens with zero attached hydrogens (tertiary/aromatic N) is 3. The molecule has 1 aliphatic rings. The standard InChI is InChI=1S/C20H31FN4/c1-15-18-13-16(21)5-6-19(18)22-20(15)14-25-9-7-17(8-10-25)24(4)12-11-23(2)3/h5-6,13,17,22H,7-12,14H2,1-4H3. The molecular weight excluding hydrogens is 315 g/mol. The Morgan fingerprint density at radius 3 is 2.56 bits per heavy atom. The molecule has 1 aliphatic heterocycles. The first kappa shape index (κ1) is 18.4. The van der Waals surface area contributed by atoms with E-state index in [1.54, 1.807) is 6.07 Å². The summed E-state index contributed by atoms with van der Waals surface area (Å²) in [5.74, 6) is -0.164. The minimum Gasteiger partial charge on any atom is -0.357 e. The lowest BCUT2D eigenvalue weighted by Gasteiger charge is -2.37. The van der Waals surface area contributed by atoms with E-state index < -0.39 is 0 Å². The summed E-state index contributed by atoms with van der Waals surface area (Å²) >= 11 is 0. The fraction of sp³-hybridized carbons (Fsp3) is 0.600. The molecule has 2 aromatic rings. The molecule has 1 aromatic carbocycles. The molecule has 1 aromatic heterocycles. The molecule has 3 rings (SSSR count). The van der Waals surface area contributed by atoms with Gasteiger partial charge in [0.25, 0.3) is 0 Å². The van der Waals surface area contributed by atoms with Crippen LogP contribution in [0.1, 0.15) is 24.1 Å². The van der Waals surface area contributed by atoms with Crippen molar-refractivity contribution < 1.29 is 4.39 Å². The Bertz CT molecular complexity index is 701. The summed E-state index contributed by atoms with van der Waals surface area (Å²) in [7, 11) is 6.51. The van der Waals surface area contributed by atoms with E-state index in [2.05, 4.69) is 47.8 Å². The van der Waals surface area contributed by atoms with Gasteiger partial charge in [0, 0.05) is 55.4 Å². The average molecular weight is 346 g/mol. The number of hydrogen-bond acceptors (Lipinski definition) is 3. The lowest BCUT2D eigenvalue weighted by atomic mass is 10.0. The zero-order valence-electron chi connectivity index (χ0n) is 16.0. The first-order valence-electron chi connectivity index (χ1n) is 9.28. The summed E-state index contributed by atoms with van der Waals surface area (Å²) < 4.78 is 13.5. The molecule has 4 nitrogen and oxygen atoms in total. The quantitative estimate of drug-likeness (QED) is 0.870. The maximum Gasteiger partial charge on any atom is 0.123 e. The highest BCUT2D eigenvalue weighted by atomic mass is 19.1. The van der Waals surface area contributed by atoms with E-state index in [1.807, 2.05) is 6.07 Å². The molecule has 0 atom stereocenters. The number of aromatic nitrogens is 1. The molecule has 0 amide bonds. The van der Waals surface area contributed by atoms with Gasteiger partial charge in [-0.15, -0.1) is 0 Å². The van der Waals surface area contributed by atoms with Gasteiger partial charge in [0.15, 0.2) is 0 Å². The summed E-state index contributed by atoms with van der Waals surface area (Å²) in [4.78, 5) is 10.8. The molecule has 2 heterocycles. The lowest BCUT2D eigenvalue weighted by Crippen LogP contribution is -2.44. The third kappa shape index (κ3) is 4.40. The Labute approximate surface area is 150 Å². The zero-order chi connectivity index (χ0) is 18.0. The van der Waals surface area contributed by atoms with Crippen molar-refractivity contribution in [3.8, 4) is 0 Å². The first-order chi connectivity index (χ1) is 11.9. The predicted molar refractivity (Wildman–Crippen MR) is 102 cm³/mol. The summed E-state index contributed by atoms with van der Waals surface area (Å²) in [5, 5.41) is 1.01. The number of aromatic amines is 1. The summed E-state index contributed by atoms with van der Waals surface area (Å²) in [5.41, 5.74) is 3.44. The van der Waals surface area contributed by atoms with Gasteiger partial charge in [-0.2, -0.15) is 0 Å². The first-order valence-corrected chi connectivity index (χ1v) is 9.28. The number of nitrogens with one attached hydrogen (secondary N) is 1.